The van der Waals surface area contributed by atoms with Crippen molar-refractivity contribution in [3.8, 4) is 6.07 Å². The van der Waals surface area contributed by atoms with Crippen LogP contribution in [0, 0.1) is 17.2 Å². The molecule has 0 aromatic carbocycles. The number of carbonyl (C=O) groups excluding carboxylic acids is 1. The number of nitrogens with zero attached hydrogens (tertiary/aromatic N) is 3. The smallest absolute Gasteiger partial charge is 0.254 e. The van der Waals surface area contributed by atoms with Crippen molar-refractivity contribution in [1.82, 2.24) is 9.78 Å². The van der Waals surface area contributed by atoms with Crippen LogP contribution in [0.15, 0.2) is 6.20 Å². The van der Waals surface area contributed by atoms with Crippen LogP contribution in [0.25, 0.3) is 0 Å². The lowest BCUT2D eigenvalue weighted by molar-refractivity contribution is 0.100. The van der Waals surface area contributed by atoms with E-state index in [-0.39, 0.29) is 23.3 Å². The first-order chi connectivity index (χ1) is 7.63. The van der Waals surface area contributed by atoms with Crippen LogP contribution < -0.4 is 11.5 Å². The Balaban J connectivity index is 2.31. The summed E-state index contributed by atoms with van der Waals surface area (Å²) in [5, 5.41) is 13.0. The molecule has 0 bridgehead atoms. The van der Waals surface area contributed by atoms with E-state index < -0.39 is 5.91 Å². The molecule has 0 spiro atoms. The van der Waals surface area contributed by atoms with Gasteiger partial charge < -0.3 is 11.5 Å². The molecule has 1 fully saturated rings. The number of nitrogen functional groups attached to an aromatic ring is 1. The van der Waals surface area contributed by atoms with Gasteiger partial charge in [0.05, 0.1) is 18.0 Å². The monoisotopic (exact) mass is 219 g/mol. The first-order valence-corrected chi connectivity index (χ1v) is 5.17. The van der Waals surface area contributed by atoms with Gasteiger partial charge >= 0.3 is 0 Å². The van der Waals surface area contributed by atoms with Crippen molar-refractivity contribution in [3.63, 3.8) is 0 Å². The van der Waals surface area contributed by atoms with Gasteiger partial charge in [-0.3, -0.25) is 9.48 Å². The number of nitriles is 1. The van der Waals surface area contributed by atoms with Gasteiger partial charge in [0.25, 0.3) is 5.91 Å². The van der Waals surface area contributed by atoms with E-state index in [0.29, 0.717) is 0 Å². The van der Waals surface area contributed by atoms with Gasteiger partial charge in [-0.15, -0.1) is 0 Å². The van der Waals surface area contributed by atoms with Crippen LogP contribution in [0.1, 0.15) is 35.7 Å². The zero-order valence-electron chi connectivity index (χ0n) is 8.76. The molecule has 1 amide bonds. The van der Waals surface area contributed by atoms with Crippen molar-refractivity contribution >= 4 is 11.7 Å². The lowest BCUT2D eigenvalue weighted by Crippen LogP contribution is -2.14. The topological polar surface area (TPSA) is 111 Å². The number of nitrogens with two attached hydrogens (primary N) is 2. The highest BCUT2D eigenvalue weighted by atomic mass is 16.1. The van der Waals surface area contributed by atoms with Gasteiger partial charge in [0.15, 0.2) is 5.82 Å². The fraction of sp³-hybridized carbons (Fsp3) is 0.500. The fourth-order valence-electron chi connectivity index (χ4n) is 2.17. The summed E-state index contributed by atoms with van der Waals surface area (Å²) in [6.07, 6.45) is 4.29. The second-order valence-corrected chi connectivity index (χ2v) is 4.01. The zero-order chi connectivity index (χ0) is 11.7. The number of amides is 1. The summed E-state index contributed by atoms with van der Waals surface area (Å²) < 4.78 is 1.61. The number of hydrogen-bond donors (Lipinski definition) is 2. The van der Waals surface area contributed by atoms with E-state index in [1.165, 1.54) is 6.20 Å². The summed E-state index contributed by atoms with van der Waals surface area (Å²) >= 11 is 0. The number of hydrogen-bond acceptors (Lipinski definition) is 4. The van der Waals surface area contributed by atoms with E-state index >= 15 is 0 Å². The highest BCUT2D eigenvalue weighted by Crippen LogP contribution is 2.35. The minimum atomic E-state index is -0.588. The normalized spacial score (nSPS) is 24.2. The molecule has 1 heterocycles. The Morgan fingerprint density at radius 1 is 1.62 bits per heavy atom. The molecular weight excluding hydrogens is 206 g/mol. The van der Waals surface area contributed by atoms with Crippen LogP contribution in [0.2, 0.25) is 0 Å². The van der Waals surface area contributed by atoms with Crippen LogP contribution in [0.3, 0.4) is 0 Å². The number of carbonyl (C=O) groups is 1. The molecule has 16 heavy (non-hydrogen) atoms. The minimum absolute atomic E-state index is 0.0143. The predicted molar refractivity (Wildman–Crippen MR) is 57.1 cm³/mol. The van der Waals surface area contributed by atoms with Gasteiger partial charge in [-0.1, -0.05) is 0 Å². The molecule has 84 valence electrons. The summed E-state index contributed by atoms with van der Waals surface area (Å²) in [5.41, 5.74) is 11.0. The van der Waals surface area contributed by atoms with E-state index in [4.69, 9.17) is 16.7 Å². The van der Waals surface area contributed by atoms with E-state index in [2.05, 4.69) is 11.2 Å². The maximum absolute atomic E-state index is 11.0. The molecule has 4 N–H and O–H groups in total. The average molecular weight is 219 g/mol. The van der Waals surface area contributed by atoms with Crippen molar-refractivity contribution in [1.29, 1.82) is 5.26 Å². The second kappa shape index (κ2) is 3.85. The molecule has 1 aromatic heterocycles. The number of rotatable bonds is 2. The molecule has 6 heteroatoms. The first kappa shape index (κ1) is 10.5. The molecule has 1 aliphatic rings. The fourth-order valence-corrected chi connectivity index (χ4v) is 2.17. The van der Waals surface area contributed by atoms with Crippen molar-refractivity contribution < 1.29 is 4.79 Å². The first-order valence-electron chi connectivity index (χ1n) is 5.17. The Morgan fingerprint density at radius 2 is 2.38 bits per heavy atom. The van der Waals surface area contributed by atoms with Gasteiger partial charge in [-0.25, -0.2) is 0 Å². The number of anilines is 1. The van der Waals surface area contributed by atoms with E-state index in [0.717, 1.165) is 19.3 Å². The number of primary amides is 1. The minimum Gasteiger partial charge on any atom is -0.382 e. The van der Waals surface area contributed by atoms with Gasteiger partial charge in [-0.05, 0) is 19.3 Å². The summed E-state index contributed by atoms with van der Waals surface area (Å²) in [6.45, 7) is 0. The third-order valence-electron chi connectivity index (χ3n) is 3.01. The van der Waals surface area contributed by atoms with Gasteiger partial charge in [0, 0.05) is 6.20 Å². The Kier molecular flexibility index (Phi) is 2.52. The lowest BCUT2D eigenvalue weighted by Gasteiger charge is -2.13. The van der Waals surface area contributed by atoms with Crippen molar-refractivity contribution in [2.24, 2.45) is 11.7 Å². The quantitative estimate of drug-likeness (QED) is 0.751. The Morgan fingerprint density at radius 3 is 2.94 bits per heavy atom. The standard InChI is InChI=1S/C10H13N5O/c11-4-6-2-1-3-8(6)15-5-7(10(13)16)9(12)14-15/h5-6,8H,1-3H2,(H2,12,14)(H2,13,16). The van der Waals surface area contributed by atoms with Gasteiger partial charge in [-0.2, -0.15) is 10.4 Å². The maximum Gasteiger partial charge on any atom is 0.254 e. The van der Waals surface area contributed by atoms with Crippen LogP contribution in [-0.2, 0) is 0 Å². The molecule has 0 aliphatic heterocycles. The molecule has 2 atom stereocenters. The largest absolute Gasteiger partial charge is 0.382 e. The van der Waals surface area contributed by atoms with Crippen LogP contribution in [-0.4, -0.2) is 15.7 Å². The van der Waals surface area contributed by atoms with Gasteiger partial charge in [0.1, 0.15) is 5.56 Å². The molecule has 0 saturated heterocycles. The molecule has 2 unspecified atom stereocenters. The number of aromatic nitrogens is 2. The third-order valence-corrected chi connectivity index (χ3v) is 3.01. The summed E-state index contributed by atoms with van der Waals surface area (Å²) in [4.78, 5) is 11.0. The third kappa shape index (κ3) is 1.60. The van der Waals surface area contributed by atoms with Crippen molar-refractivity contribution in [2.45, 2.75) is 25.3 Å². The predicted octanol–water partition coefficient (Wildman–Crippen LogP) is 0.429. The van der Waals surface area contributed by atoms with E-state index in [9.17, 15) is 4.79 Å². The molecule has 2 rings (SSSR count). The van der Waals surface area contributed by atoms with Crippen LogP contribution >= 0.6 is 0 Å². The van der Waals surface area contributed by atoms with Gasteiger partial charge in [0.2, 0.25) is 0 Å². The Bertz CT molecular complexity index is 458. The SMILES string of the molecule is N#CC1CCCC1n1cc(C(N)=O)c(N)n1. The molecule has 6 nitrogen and oxygen atoms in total. The summed E-state index contributed by atoms with van der Waals surface area (Å²) in [5.74, 6) is -0.508. The summed E-state index contributed by atoms with van der Waals surface area (Å²) in [7, 11) is 0. The molecular formula is C10H13N5O. The molecule has 1 aromatic rings. The highest BCUT2D eigenvalue weighted by Gasteiger charge is 2.30. The van der Waals surface area contributed by atoms with E-state index in [1.54, 1.807) is 4.68 Å². The molecule has 1 aliphatic carbocycles. The zero-order valence-corrected chi connectivity index (χ0v) is 8.76. The maximum atomic E-state index is 11.0. The Hall–Kier alpha value is -2.03. The summed E-state index contributed by atoms with van der Waals surface area (Å²) in [6, 6.07) is 2.27. The molecule has 0 radical (unpaired) electrons. The van der Waals surface area contributed by atoms with Crippen molar-refractivity contribution in [2.75, 3.05) is 5.73 Å². The van der Waals surface area contributed by atoms with E-state index in [1.807, 2.05) is 0 Å². The highest BCUT2D eigenvalue weighted by molar-refractivity contribution is 5.96. The molecule has 1 saturated carbocycles. The Labute approximate surface area is 92.8 Å². The lowest BCUT2D eigenvalue weighted by atomic mass is 10.1. The van der Waals surface area contributed by atoms with Crippen LogP contribution in [0.4, 0.5) is 5.82 Å². The van der Waals surface area contributed by atoms with Crippen molar-refractivity contribution in [3.05, 3.63) is 11.8 Å². The van der Waals surface area contributed by atoms with Crippen LogP contribution in [0.5, 0.6) is 0 Å². The average Bonchev–Trinajstić information content (AvgIpc) is 2.82. The second-order valence-electron chi connectivity index (χ2n) is 4.01.